The van der Waals surface area contributed by atoms with Gasteiger partial charge in [0.15, 0.2) is 0 Å². The lowest BCUT2D eigenvalue weighted by Crippen LogP contribution is -1.94. The fraction of sp³-hybridized carbons (Fsp3) is 0.0800. The van der Waals surface area contributed by atoms with Crippen molar-refractivity contribution in [2.45, 2.75) is 6.92 Å². The van der Waals surface area contributed by atoms with Crippen LogP contribution in [0.1, 0.15) is 5.56 Å². The molecule has 28 heavy (non-hydrogen) atoms. The topological polar surface area (TPSA) is 48.1 Å². The zero-order valence-corrected chi connectivity index (χ0v) is 16.0. The molecule has 1 heterocycles. The van der Waals surface area contributed by atoms with Gasteiger partial charge in [0.05, 0.1) is 12.8 Å². The highest BCUT2D eigenvalue weighted by molar-refractivity contribution is 5.93. The third kappa shape index (κ3) is 3.35. The third-order valence-corrected chi connectivity index (χ3v) is 4.98. The van der Waals surface area contributed by atoms with Crippen LogP contribution in [0.3, 0.4) is 0 Å². The third-order valence-electron chi connectivity index (χ3n) is 4.98. The van der Waals surface area contributed by atoms with Gasteiger partial charge in [0.1, 0.15) is 5.75 Å². The van der Waals surface area contributed by atoms with E-state index >= 15 is 0 Å². The summed E-state index contributed by atoms with van der Waals surface area (Å²) in [6.45, 7) is 2.02. The molecule has 0 spiro atoms. The number of methoxy groups -OCH3 is 1. The van der Waals surface area contributed by atoms with E-state index in [2.05, 4.69) is 47.4 Å². The SMILES string of the molecule is COc1ccc(-c2cccc(-c3ccc(C)c(N)c3)c2-c2ccccn2)cc1. The Morgan fingerprint density at radius 3 is 2.14 bits per heavy atom. The monoisotopic (exact) mass is 366 g/mol. The molecule has 0 radical (unpaired) electrons. The molecule has 3 nitrogen and oxygen atoms in total. The standard InChI is InChI=1S/C25H22N2O/c1-17-9-10-19(16-23(17)26)22-7-5-6-21(18-11-13-20(28-2)14-12-18)25(22)24-8-3-4-15-27-24/h3-16H,26H2,1-2H3. The van der Waals surface area contributed by atoms with Gasteiger partial charge in [0.25, 0.3) is 0 Å². The van der Waals surface area contributed by atoms with Crippen LogP contribution in [0, 0.1) is 6.92 Å². The number of benzene rings is 3. The van der Waals surface area contributed by atoms with E-state index < -0.39 is 0 Å². The molecule has 0 atom stereocenters. The number of rotatable bonds is 4. The van der Waals surface area contributed by atoms with E-state index in [4.69, 9.17) is 10.5 Å². The average Bonchev–Trinajstić information content (AvgIpc) is 2.76. The summed E-state index contributed by atoms with van der Waals surface area (Å²) in [5, 5.41) is 0. The second-order valence-corrected chi connectivity index (χ2v) is 6.74. The highest BCUT2D eigenvalue weighted by Crippen LogP contribution is 2.40. The van der Waals surface area contributed by atoms with Gasteiger partial charge in [-0.3, -0.25) is 4.98 Å². The van der Waals surface area contributed by atoms with Crippen molar-refractivity contribution in [2.75, 3.05) is 12.8 Å². The smallest absolute Gasteiger partial charge is 0.118 e. The summed E-state index contributed by atoms with van der Waals surface area (Å²) in [5.74, 6) is 0.839. The van der Waals surface area contributed by atoms with Crippen LogP contribution in [-0.2, 0) is 0 Å². The summed E-state index contributed by atoms with van der Waals surface area (Å²) in [7, 11) is 1.68. The molecule has 1 aromatic heterocycles. The Morgan fingerprint density at radius 1 is 0.786 bits per heavy atom. The number of anilines is 1. The molecule has 0 amide bonds. The maximum Gasteiger partial charge on any atom is 0.118 e. The Hall–Kier alpha value is -3.59. The highest BCUT2D eigenvalue weighted by atomic mass is 16.5. The van der Waals surface area contributed by atoms with Gasteiger partial charge in [-0.25, -0.2) is 0 Å². The van der Waals surface area contributed by atoms with Crippen molar-refractivity contribution in [2.24, 2.45) is 0 Å². The predicted octanol–water partition coefficient (Wildman–Crippen LogP) is 5.98. The molecule has 0 aliphatic rings. The van der Waals surface area contributed by atoms with E-state index in [1.165, 1.54) is 0 Å². The van der Waals surface area contributed by atoms with Crippen LogP contribution in [0.25, 0.3) is 33.5 Å². The first kappa shape index (κ1) is 17.8. The van der Waals surface area contributed by atoms with Gasteiger partial charge < -0.3 is 10.5 Å². The molecule has 0 fully saturated rings. The van der Waals surface area contributed by atoms with Crippen LogP contribution < -0.4 is 10.5 Å². The van der Waals surface area contributed by atoms with Gasteiger partial charge in [0, 0.05) is 17.4 Å². The number of nitrogens with zero attached hydrogens (tertiary/aromatic N) is 1. The van der Waals surface area contributed by atoms with E-state index in [1.807, 2.05) is 49.5 Å². The number of ether oxygens (including phenoxy) is 1. The van der Waals surface area contributed by atoms with E-state index in [0.717, 1.165) is 50.5 Å². The lowest BCUT2D eigenvalue weighted by Gasteiger charge is -2.16. The minimum absolute atomic E-state index is 0.791. The number of nitrogen functional groups attached to an aromatic ring is 1. The molecule has 0 bridgehead atoms. The van der Waals surface area contributed by atoms with E-state index in [-0.39, 0.29) is 0 Å². The number of aryl methyl sites for hydroxylation is 1. The maximum absolute atomic E-state index is 6.20. The quantitative estimate of drug-likeness (QED) is 0.452. The summed E-state index contributed by atoms with van der Waals surface area (Å²) in [6.07, 6.45) is 1.83. The molecule has 0 aliphatic heterocycles. The van der Waals surface area contributed by atoms with Crippen molar-refractivity contribution in [3.05, 3.63) is 90.6 Å². The van der Waals surface area contributed by atoms with Gasteiger partial charge >= 0.3 is 0 Å². The Bertz CT molecular complexity index is 1100. The summed E-state index contributed by atoms with van der Waals surface area (Å²) in [5.41, 5.74) is 14.5. The number of pyridine rings is 1. The first-order valence-electron chi connectivity index (χ1n) is 9.22. The van der Waals surface area contributed by atoms with Crippen molar-refractivity contribution in [3.63, 3.8) is 0 Å². The van der Waals surface area contributed by atoms with Crippen LogP contribution in [0.5, 0.6) is 5.75 Å². The number of hydrogen-bond acceptors (Lipinski definition) is 3. The van der Waals surface area contributed by atoms with Gasteiger partial charge in [-0.2, -0.15) is 0 Å². The molecule has 0 saturated carbocycles. The minimum atomic E-state index is 0.791. The average molecular weight is 366 g/mol. The molecular formula is C25H22N2O. The molecule has 0 saturated heterocycles. The molecule has 2 N–H and O–H groups in total. The maximum atomic E-state index is 6.20. The number of nitrogens with two attached hydrogens (primary N) is 1. The molecule has 4 aromatic rings. The Morgan fingerprint density at radius 2 is 1.50 bits per heavy atom. The van der Waals surface area contributed by atoms with Crippen LogP contribution in [-0.4, -0.2) is 12.1 Å². The van der Waals surface area contributed by atoms with Crippen LogP contribution in [0.15, 0.2) is 85.1 Å². The van der Waals surface area contributed by atoms with E-state index in [9.17, 15) is 0 Å². The van der Waals surface area contributed by atoms with Crippen molar-refractivity contribution in [1.29, 1.82) is 0 Å². The minimum Gasteiger partial charge on any atom is -0.497 e. The normalized spacial score (nSPS) is 10.6. The molecule has 138 valence electrons. The Balaban J connectivity index is 1.97. The van der Waals surface area contributed by atoms with Crippen molar-refractivity contribution in [1.82, 2.24) is 4.98 Å². The Labute approximate surface area is 165 Å². The number of hydrogen-bond donors (Lipinski definition) is 1. The van der Waals surface area contributed by atoms with E-state index in [0.29, 0.717) is 0 Å². The zero-order valence-electron chi connectivity index (χ0n) is 16.0. The van der Waals surface area contributed by atoms with Crippen LogP contribution in [0.2, 0.25) is 0 Å². The summed E-state index contributed by atoms with van der Waals surface area (Å²) >= 11 is 0. The molecule has 3 aromatic carbocycles. The molecule has 3 heteroatoms. The first-order valence-corrected chi connectivity index (χ1v) is 9.22. The predicted molar refractivity (Wildman–Crippen MR) is 116 cm³/mol. The first-order chi connectivity index (χ1) is 13.7. The van der Waals surface area contributed by atoms with Gasteiger partial charge in [0.2, 0.25) is 0 Å². The van der Waals surface area contributed by atoms with Gasteiger partial charge in [-0.05, 0) is 65.1 Å². The summed E-state index contributed by atoms with van der Waals surface area (Å²) in [4.78, 5) is 4.64. The Kier molecular flexibility index (Phi) is 4.81. The van der Waals surface area contributed by atoms with Gasteiger partial charge in [-0.1, -0.05) is 48.5 Å². The van der Waals surface area contributed by atoms with Crippen molar-refractivity contribution < 1.29 is 4.74 Å². The largest absolute Gasteiger partial charge is 0.497 e. The number of aromatic nitrogens is 1. The fourth-order valence-corrected chi connectivity index (χ4v) is 3.40. The van der Waals surface area contributed by atoms with Crippen LogP contribution >= 0.6 is 0 Å². The zero-order chi connectivity index (χ0) is 19.5. The molecule has 0 aliphatic carbocycles. The summed E-state index contributed by atoms with van der Waals surface area (Å²) < 4.78 is 5.31. The van der Waals surface area contributed by atoms with E-state index in [1.54, 1.807) is 7.11 Å². The van der Waals surface area contributed by atoms with Crippen molar-refractivity contribution >= 4 is 5.69 Å². The lowest BCUT2D eigenvalue weighted by molar-refractivity contribution is 0.415. The molecular weight excluding hydrogens is 344 g/mol. The highest BCUT2D eigenvalue weighted by Gasteiger charge is 2.15. The summed E-state index contributed by atoms with van der Waals surface area (Å²) in [6, 6.07) is 26.7. The van der Waals surface area contributed by atoms with Crippen molar-refractivity contribution in [3.8, 4) is 39.3 Å². The second-order valence-electron chi connectivity index (χ2n) is 6.74. The second kappa shape index (κ2) is 7.57. The lowest BCUT2D eigenvalue weighted by atomic mass is 9.89. The molecule has 4 rings (SSSR count). The molecule has 0 unspecified atom stereocenters. The fourth-order valence-electron chi connectivity index (χ4n) is 3.40. The van der Waals surface area contributed by atoms with Crippen LogP contribution in [0.4, 0.5) is 5.69 Å². The van der Waals surface area contributed by atoms with Gasteiger partial charge in [-0.15, -0.1) is 0 Å².